The summed E-state index contributed by atoms with van der Waals surface area (Å²) in [5.41, 5.74) is 0.760. The highest BCUT2D eigenvalue weighted by molar-refractivity contribution is 5.78. The summed E-state index contributed by atoms with van der Waals surface area (Å²) in [5.74, 6) is -0.365. The number of hydrogen-bond acceptors (Lipinski definition) is 1. The molecule has 1 amide bonds. The van der Waals surface area contributed by atoms with Gasteiger partial charge < -0.3 is 4.90 Å². The summed E-state index contributed by atoms with van der Waals surface area (Å²) < 4.78 is 12.6. The van der Waals surface area contributed by atoms with Crippen molar-refractivity contribution < 1.29 is 9.18 Å². The zero-order valence-corrected chi connectivity index (χ0v) is 10.4. The third kappa shape index (κ3) is 4.55. The molecule has 0 aromatic carbocycles. The van der Waals surface area contributed by atoms with Gasteiger partial charge in [0.2, 0.25) is 5.91 Å². The molecule has 1 fully saturated rings. The van der Waals surface area contributed by atoms with Crippen LogP contribution in [0.4, 0.5) is 4.39 Å². The van der Waals surface area contributed by atoms with Gasteiger partial charge in [-0.3, -0.25) is 4.79 Å². The SMILES string of the molecule is C=C(F)/C=C\C(=CC)N1CCCCCCC1=O. The lowest BCUT2D eigenvalue weighted by Gasteiger charge is -2.25. The molecule has 0 unspecified atom stereocenters. The third-order valence-corrected chi connectivity index (χ3v) is 2.87. The summed E-state index contributed by atoms with van der Waals surface area (Å²) in [6.45, 7) is 5.75. The van der Waals surface area contributed by atoms with Gasteiger partial charge in [-0.2, -0.15) is 0 Å². The molecule has 1 aliphatic heterocycles. The predicted octanol–water partition coefficient (Wildman–Crippen LogP) is 3.72. The lowest BCUT2D eigenvalue weighted by Crippen LogP contribution is -2.31. The summed E-state index contributed by atoms with van der Waals surface area (Å²) >= 11 is 0. The first kappa shape index (κ1) is 13.7. The first-order valence-corrected chi connectivity index (χ1v) is 6.14. The van der Waals surface area contributed by atoms with E-state index >= 15 is 0 Å². The highest BCUT2D eigenvalue weighted by atomic mass is 19.1. The van der Waals surface area contributed by atoms with Gasteiger partial charge in [0, 0.05) is 18.7 Å². The molecule has 1 heterocycles. The van der Waals surface area contributed by atoms with Crippen LogP contribution in [0.2, 0.25) is 0 Å². The van der Waals surface area contributed by atoms with Gasteiger partial charge in [0.25, 0.3) is 0 Å². The third-order valence-electron chi connectivity index (χ3n) is 2.87. The molecule has 17 heavy (non-hydrogen) atoms. The van der Waals surface area contributed by atoms with E-state index in [1.807, 2.05) is 13.0 Å². The summed E-state index contributed by atoms with van der Waals surface area (Å²) in [6, 6.07) is 0. The van der Waals surface area contributed by atoms with Gasteiger partial charge in [0.05, 0.1) is 0 Å². The van der Waals surface area contributed by atoms with E-state index in [1.54, 1.807) is 11.0 Å². The Bertz CT molecular complexity index is 344. The summed E-state index contributed by atoms with van der Waals surface area (Å²) in [6.07, 6.45) is 9.56. The van der Waals surface area contributed by atoms with Gasteiger partial charge in [0.15, 0.2) is 0 Å². The van der Waals surface area contributed by atoms with Crippen molar-refractivity contribution in [3.05, 3.63) is 36.3 Å². The zero-order chi connectivity index (χ0) is 12.7. The fourth-order valence-electron chi connectivity index (χ4n) is 1.95. The summed E-state index contributed by atoms with van der Waals surface area (Å²) in [5, 5.41) is 0. The maximum Gasteiger partial charge on any atom is 0.226 e. The van der Waals surface area contributed by atoms with Crippen molar-refractivity contribution >= 4 is 5.91 Å². The number of amides is 1. The second kappa shape index (κ2) is 7.05. The maximum atomic E-state index is 12.6. The molecule has 0 aliphatic carbocycles. The van der Waals surface area contributed by atoms with Gasteiger partial charge in [-0.25, -0.2) is 4.39 Å². The minimum atomic E-state index is -0.496. The monoisotopic (exact) mass is 237 g/mol. The van der Waals surface area contributed by atoms with E-state index in [-0.39, 0.29) is 5.91 Å². The average Bonchev–Trinajstić information content (AvgIpc) is 2.27. The van der Waals surface area contributed by atoms with Crippen LogP contribution < -0.4 is 0 Å². The van der Waals surface area contributed by atoms with Crippen molar-refractivity contribution in [2.24, 2.45) is 0 Å². The molecule has 94 valence electrons. The minimum Gasteiger partial charge on any atom is -0.313 e. The van der Waals surface area contributed by atoms with Crippen molar-refractivity contribution in [3.8, 4) is 0 Å². The molecule has 3 heteroatoms. The standard InChI is InChI=1S/C14H20FNO/c1-3-13(10-9-12(2)15)16-11-7-5-4-6-8-14(16)17/h3,9-10H,2,4-8,11H2,1H3/b10-9-,13-3?. The van der Waals surface area contributed by atoms with E-state index in [0.29, 0.717) is 6.42 Å². The predicted molar refractivity (Wildman–Crippen MR) is 67.9 cm³/mol. The molecular formula is C14H20FNO. The van der Waals surface area contributed by atoms with Gasteiger partial charge in [-0.05, 0) is 31.9 Å². The fourth-order valence-corrected chi connectivity index (χ4v) is 1.95. The van der Waals surface area contributed by atoms with Gasteiger partial charge in [0.1, 0.15) is 5.83 Å². The number of halogens is 1. The van der Waals surface area contributed by atoms with Crippen molar-refractivity contribution in [1.29, 1.82) is 0 Å². The molecular weight excluding hydrogens is 217 g/mol. The molecule has 2 nitrogen and oxygen atoms in total. The minimum absolute atomic E-state index is 0.131. The molecule has 1 saturated heterocycles. The fraction of sp³-hybridized carbons (Fsp3) is 0.500. The van der Waals surface area contributed by atoms with E-state index in [4.69, 9.17) is 0 Å². The van der Waals surface area contributed by atoms with Crippen molar-refractivity contribution in [2.45, 2.75) is 39.0 Å². The van der Waals surface area contributed by atoms with Crippen LogP contribution in [0.25, 0.3) is 0 Å². The largest absolute Gasteiger partial charge is 0.313 e. The summed E-state index contributed by atoms with van der Waals surface area (Å²) in [7, 11) is 0. The first-order chi connectivity index (χ1) is 8.15. The average molecular weight is 237 g/mol. The van der Waals surface area contributed by atoms with E-state index < -0.39 is 5.83 Å². The molecule has 0 atom stereocenters. The van der Waals surface area contributed by atoms with E-state index in [0.717, 1.165) is 37.9 Å². The number of allylic oxidation sites excluding steroid dienone is 4. The van der Waals surface area contributed by atoms with Gasteiger partial charge >= 0.3 is 0 Å². The normalized spacial score (nSPS) is 19.3. The van der Waals surface area contributed by atoms with Crippen LogP contribution >= 0.6 is 0 Å². The number of likely N-dealkylation sites (tertiary alicyclic amines) is 1. The molecule has 0 spiro atoms. The van der Waals surface area contributed by atoms with E-state index in [1.165, 1.54) is 6.08 Å². The molecule has 0 bridgehead atoms. The van der Waals surface area contributed by atoms with Crippen molar-refractivity contribution in [2.75, 3.05) is 6.54 Å². The van der Waals surface area contributed by atoms with Crippen LogP contribution in [0.5, 0.6) is 0 Å². The van der Waals surface area contributed by atoms with Gasteiger partial charge in [-0.15, -0.1) is 0 Å². The lowest BCUT2D eigenvalue weighted by molar-refractivity contribution is -0.129. The zero-order valence-electron chi connectivity index (χ0n) is 10.4. The van der Waals surface area contributed by atoms with Crippen LogP contribution in [-0.4, -0.2) is 17.4 Å². The van der Waals surface area contributed by atoms with Crippen LogP contribution in [0.3, 0.4) is 0 Å². The second-order valence-corrected chi connectivity index (χ2v) is 4.20. The number of carbonyl (C=O) groups is 1. The van der Waals surface area contributed by atoms with Crippen LogP contribution in [0.1, 0.15) is 39.0 Å². The second-order valence-electron chi connectivity index (χ2n) is 4.20. The molecule has 0 aromatic rings. The molecule has 1 rings (SSSR count). The lowest BCUT2D eigenvalue weighted by atomic mass is 10.1. The topological polar surface area (TPSA) is 20.3 Å². The number of nitrogens with zero attached hydrogens (tertiary/aromatic N) is 1. The highest BCUT2D eigenvalue weighted by Gasteiger charge is 2.17. The Labute approximate surface area is 102 Å². The Morgan fingerprint density at radius 2 is 2.00 bits per heavy atom. The Kier molecular flexibility index (Phi) is 5.67. The molecule has 0 N–H and O–H groups in total. The van der Waals surface area contributed by atoms with Crippen LogP contribution in [0.15, 0.2) is 36.3 Å². The quantitative estimate of drug-likeness (QED) is 0.685. The van der Waals surface area contributed by atoms with Crippen molar-refractivity contribution in [1.82, 2.24) is 4.90 Å². The Morgan fingerprint density at radius 1 is 1.29 bits per heavy atom. The van der Waals surface area contributed by atoms with Gasteiger partial charge in [-0.1, -0.05) is 25.5 Å². The van der Waals surface area contributed by atoms with Crippen molar-refractivity contribution in [3.63, 3.8) is 0 Å². The summed E-state index contributed by atoms with van der Waals surface area (Å²) in [4.78, 5) is 13.7. The Morgan fingerprint density at radius 3 is 2.65 bits per heavy atom. The van der Waals surface area contributed by atoms with E-state index in [9.17, 15) is 9.18 Å². The molecule has 0 aromatic heterocycles. The van der Waals surface area contributed by atoms with Crippen LogP contribution in [-0.2, 0) is 4.79 Å². The van der Waals surface area contributed by atoms with Crippen LogP contribution in [0, 0.1) is 0 Å². The molecule has 0 saturated carbocycles. The maximum absolute atomic E-state index is 12.6. The number of carbonyl (C=O) groups excluding carboxylic acids is 1. The Balaban J connectivity index is 2.77. The van der Waals surface area contributed by atoms with E-state index in [2.05, 4.69) is 6.58 Å². The number of rotatable bonds is 3. The molecule has 1 aliphatic rings. The first-order valence-electron chi connectivity index (χ1n) is 6.14. The smallest absolute Gasteiger partial charge is 0.226 e. The molecule has 0 radical (unpaired) electrons. The number of hydrogen-bond donors (Lipinski definition) is 0. The Hall–Kier alpha value is -1.38. The highest BCUT2D eigenvalue weighted by Crippen LogP contribution is 2.17.